The van der Waals surface area contributed by atoms with E-state index in [0.717, 1.165) is 6.42 Å². The second kappa shape index (κ2) is 7.39. The summed E-state index contributed by atoms with van der Waals surface area (Å²) in [5.74, 6) is -0.333. The van der Waals surface area contributed by atoms with Crippen molar-refractivity contribution in [2.75, 3.05) is 26.4 Å². The van der Waals surface area contributed by atoms with E-state index in [-0.39, 0.29) is 12.6 Å². The van der Waals surface area contributed by atoms with Crippen LogP contribution in [0.5, 0.6) is 0 Å². The van der Waals surface area contributed by atoms with Crippen LogP contribution in [-0.4, -0.2) is 32.3 Å². The molecule has 1 rings (SSSR count). The Labute approximate surface area is 93.0 Å². The van der Waals surface area contributed by atoms with Crippen LogP contribution in [-0.2, 0) is 20.7 Å². The van der Waals surface area contributed by atoms with Gasteiger partial charge in [-0.2, -0.15) is 0 Å². The molecular weight excluding hydrogens is 214 g/mol. The molecule has 84 valence electrons. The van der Waals surface area contributed by atoms with Crippen LogP contribution in [0.25, 0.3) is 0 Å². The van der Waals surface area contributed by atoms with E-state index in [1.807, 2.05) is 17.5 Å². The molecule has 0 aliphatic heterocycles. The molecule has 1 aromatic rings. The summed E-state index contributed by atoms with van der Waals surface area (Å²) in [6.45, 7) is 1.20. The molecule has 0 unspecified atom stereocenters. The first-order valence-corrected chi connectivity index (χ1v) is 5.66. The molecule has 0 aliphatic carbocycles. The predicted molar refractivity (Wildman–Crippen MR) is 58.9 cm³/mol. The molecular formula is C10H15NO3S. The fourth-order valence-electron chi connectivity index (χ4n) is 1.00. The maximum absolute atomic E-state index is 11.1. The average Bonchev–Trinajstić information content (AvgIpc) is 2.71. The van der Waals surface area contributed by atoms with E-state index in [9.17, 15) is 4.79 Å². The molecule has 0 bridgehead atoms. The molecule has 2 N–H and O–H groups in total. The SMILES string of the molecule is NCCOCC(=O)OCCc1cccs1. The topological polar surface area (TPSA) is 61.5 Å². The molecule has 0 radical (unpaired) electrons. The number of hydrogen-bond acceptors (Lipinski definition) is 5. The Hall–Kier alpha value is -0.910. The van der Waals surface area contributed by atoms with Crippen molar-refractivity contribution in [3.8, 4) is 0 Å². The van der Waals surface area contributed by atoms with Gasteiger partial charge in [0.1, 0.15) is 6.61 Å². The van der Waals surface area contributed by atoms with Gasteiger partial charge in [0.25, 0.3) is 0 Å². The Kier molecular flexibility index (Phi) is 5.99. The lowest BCUT2D eigenvalue weighted by Gasteiger charge is -2.04. The van der Waals surface area contributed by atoms with E-state index in [4.69, 9.17) is 15.2 Å². The minimum Gasteiger partial charge on any atom is -0.464 e. The highest BCUT2D eigenvalue weighted by molar-refractivity contribution is 7.09. The van der Waals surface area contributed by atoms with Crippen LogP contribution in [0.1, 0.15) is 4.88 Å². The zero-order chi connectivity index (χ0) is 10.9. The maximum Gasteiger partial charge on any atom is 0.332 e. The van der Waals surface area contributed by atoms with Gasteiger partial charge in [-0.05, 0) is 11.4 Å². The molecule has 5 heteroatoms. The lowest BCUT2D eigenvalue weighted by Crippen LogP contribution is -2.17. The molecule has 0 aliphatic rings. The van der Waals surface area contributed by atoms with Crippen molar-refractivity contribution in [2.45, 2.75) is 6.42 Å². The van der Waals surface area contributed by atoms with Crippen LogP contribution >= 0.6 is 11.3 Å². The summed E-state index contributed by atoms with van der Waals surface area (Å²) >= 11 is 1.66. The highest BCUT2D eigenvalue weighted by Crippen LogP contribution is 2.08. The van der Waals surface area contributed by atoms with Crippen molar-refractivity contribution >= 4 is 17.3 Å². The van der Waals surface area contributed by atoms with Gasteiger partial charge in [-0.25, -0.2) is 4.79 Å². The lowest BCUT2D eigenvalue weighted by atomic mass is 10.4. The van der Waals surface area contributed by atoms with E-state index in [1.54, 1.807) is 11.3 Å². The monoisotopic (exact) mass is 229 g/mol. The first-order valence-electron chi connectivity index (χ1n) is 4.78. The van der Waals surface area contributed by atoms with Crippen molar-refractivity contribution in [3.63, 3.8) is 0 Å². The third-order valence-corrected chi connectivity index (χ3v) is 2.61. The molecule has 0 aromatic carbocycles. The van der Waals surface area contributed by atoms with Gasteiger partial charge in [0, 0.05) is 17.8 Å². The summed E-state index contributed by atoms with van der Waals surface area (Å²) < 4.78 is 9.90. The highest BCUT2D eigenvalue weighted by atomic mass is 32.1. The van der Waals surface area contributed by atoms with Crippen LogP contribution in [0.4, 0.5) is 0 Å². The molecule has 0 fully saturated rings. The summed E-state index contributed by atoms with van der Waals surface area (Å²) in [7, 11) is 0. The normalized spacial score (nSPS) is 10.2. The minimum atomic E-state index is -0.333. The van der Waals surface area contributed by atoms with Crippen molar-refractivity contribution in [3.05, 3.63) is 22.4 Å². The van der Waals surface area contributed by atoms with E-state index in [2.05, 4.69) is 0 Å². The summed E-state index contributed by atoms with van der Waals surface area (Å²) in [6.07, 6.45) is 0.764. The third-order valence-electron chi connectivity index (χ3n) is 1.67. The number of carbonyl (C=O) groups is 1. The number of ether oxygens (including phenoxy) is 2. The predicted octanol–water partition coefficient (Wildman–Crippen LogP) is 0.809. The second-order valence-corrected chi connectivity index (χ2v) is 3.92. The highest BCUT2D eigenvalue weighted by Gasteiger charge is 2.02. The summed E-state index contributed by atoms with van der Waals surface area (Å²) in [4.78, 5) is 12.3. The molecule has 1 aromatic heterocycles. The molecule has 0 atom stereocenters. The molecule has 1 heterocycles. The first kappa shape index (κ1) is 12.2. The van der Waals surface area contributed by atoms with Gasteiger partial charge < -0.3 is 15.2 Å². The van der Waals surface area contributed by atoms with Gasteiger partial charge in [-0.15, -0.1) is 11.3 Å². The fourth-order valence-corrected chi connectivity index (χ4v) is 1.69. The van der Waals surface area contributed by atoms with Crippen molar-refractivity contribution < 1.29 is 14.3 Å². The van der Waals surface area contributed by atoms with Gasteiger partial charge in [0.15, 0.2) is 0 Å². The smallest absolute Gasteiger partial charge is 0.332 e. The Morgan fingerprint density at radius 2 is 2.33 bits per heavy atom. The number of hydrogen-bond donors (Lipinski definition) is 1. The summed E-state index contributed by atoms with van der Waals surface area (Å²) in [6, 6.07) is 4.00. The Bertz CT molecular complexity index is 274. The minimum absolute atomic E-state index is 0.0123. The Morgan fingerprint density at radius 1 is 1.47 bits per heavy atom. The zero-order valence-electron chi connectivity index (χ0n) is 8.48. The number of rotatable bonds is 7. The van der Waals surface area contributed by atoms with E-state index < -0.39 is 0 Å². The van der Waals surface area contributed by atoms with Crippen molar-refractivity contribution in [1.29, 1.82) is 0 Å². The first-order chi connectivity index (χ1) is 7.33. The molecule has 4 nitrogen and oxygen atoms in total. The van der Waals surface area contributed by atoms with Crippen molar-refractivity contribution in [1.82, 2.24) is 0 Å². The number of esters is 1. The van der Waals surface area contributed by atoms with E-state index >= 15 is 0 Å². The van der Waals surface area contributed by atoms with Crippen LogP contribution in [0.2, 0.25) is 0 Å². The van der Waals surface area contributed by atoms with Crippen LogP contribution in [0.15, 0.2) is 17.5 Å². The Balaban J connectivity index is 2.02. The largest absolute Gasteiger partial charge is 0.464 e. The van der Waals surface area contributed by atoms with E-state index in [0.29, 0.717) is 19.8 Å². The standard InChI is InChI=1S/C10H15NO3S/c11-4-6-13-8-10(12)14-5-3-9-2-1-7-15-9/h1-2,7H,3-6,8,11H2. The molecule has 15 heavy (non-hydrogen) atoms. The van der Waals surface area contributed by atoms with Crippen LogP contribution < -0.4 is 5.73 Å². The number of nitrogens with two attached hydrogens (primary N) is 1. The van der Waals surface area contributed by atoms with Crippen LogP contribution in [0.3, 0.4) is 0 Å². The van der Waals surface area contributed by atoms with Crippen LogP contribution in [0, 0.1) is 0 Å². The van der Waals surface area contributed by atoms with Gasteiger partial charge in [-0.1, -0.05) is 6.07 Å². The van der Waals surface area contributed by atoms with Crippen molar-refractivity contribution in [2.24, 2.45) is 5.73 Å². The average molecular weight is 229 g/mol. The third kappa shape index (κ3) is 5.51. The maximum atomic E-state index is 11.1. The molecule has 0 saturated heterocycles. The summed E-state index contributed by atoms with van der Waals surface area (Å²) in [5.41, 5.74) is 5.20. The van der Waals surface area contributed by atoms with Gasteiger partial charge in [-0.3, -0.25) is 0 Å². The number of thiophene rings is 1. The molecule has 0 amide bonds. The van der Waals surface area contributed by atoms with Gasteiger partial charge >= 0.3 is 5.97 Å². The lowest BCUT2D eigenvalue weighted by molar-refractivity contribution is -0.148. The molecule has 0 saturated carbocycles. The number of carbonyl (C=O) groups excluding carboxylic acids is 1. The van der Waals surface area contributed by atoms with Gasteiger partial charge in [0.2, 0.25) is 0 Å². The second-order valence-electron chi connectivity index (χ2n) is 2.89. The molecule has 0 spiro atoms. The summed E-state index contributed by atoms with van der Waals surface area (Å²) in [5, 5.41) is 2.00. The van der Waals surface area contributed by atoms with Gasteiger partial charge in [0.05, 0.1) is 13.2 Å². The fraction of sp³-hybridized carbons (Fsp3) is 0.500. The quantitative estimate of drug-likeness (QED) is 0.555. The van der Waals surface area contributed by atoms with E-state index in [1.165, 1.54) is 4.88 Å². The Morgan fingerprint density at radius 3 is 3.00 bits per heavy atom. The zero-order valence-corrected chi connectivity index (χ0v) is 9.29.